The molecule has 0 saturated heterocycles. The van der Waals surface area contributed by atoms with E-state index < -0.39 is 0 Å². The molecule has 3 rings (SSSR count). The van der Waals surface area contributed by atoms with Crippen molar-refractivity contribution >= 4 is 12.7 Å². The molecule has 3 nitrogen and oxygen atoms in total. The molecule has 0 spiro atoms. The summed E-state index contributed by atoms with van der Waals surface area (Å²) >= 11 is 0. The molecule has 1 aromatic heterocycles. The molecule has 0 atom stereocenters. The van der Waals surface area contributed by atoms with Crippen molar-refractivity contribution < 1.29 is 0 Å². The summed E-state index contributed by atoms with van der Waals surface area (Å²) in [4.78, 5) is 12.5. The van der Waals surface area contributed by atoms with E-state index in [1.54, 1.807) is 0 Å². The number of nitrogens with one attached hydrogen (secondary N) is 1. The molecular formula is C17H14N2O. The maximum Gasteiger partial charge on any atom is 0.279 e. The molecule has 2 aromatic carbocycles. The number of H-pyrrole nitrogens is 1. The molecule has 0 bridgehead atoms. The molecule has 0 radical (unpaired) electrons. The molecule has 20 heavy (non-hydrogen) atoms. The highest BCUT2D eigenvalue weighted by Crippen LogP contribution is 2.00. The van der Waals surface area contributed by atoms with Gasteiger partial charge in [0.1, 0.15) is 0 Å². The molecular weight excluding hydrogens is 248 g/mol. The van der Waals surface area contributed by atoms with Gasteiger partial charge in [-0.2, -0.15) is 0 Å². The Balaban J connectivity index is 2.21. The lowest BCUT2D eigenvalue weighted by molar-refractivity contribution is 0.838. The highest BCUT2D eigenvalue weighted by molar-refractivity contribution is 5.49. The van der Waals surface area contributed by atoms with Gasteiger partial charge in [-0.1, -0.05) is 55.1 Å². The Kier molecular flexibility index (Phi) is 3.09. The summed E-state index contributed by atoms with van der Waals surface area (Å²) in [7, 11) is 0. The van der Waals surface area contributed by atoms with Gasteiger partial charge in [-0.25, -0.2) is 4.68 Å². The summed E-state index contributed by atoms with van der Waals surface area (Å²) in [5.41, 5.74) is 1.69. The van der Waals surface area contributed by atoms with Crippen molar-refractivity contribution in [3.05, 3.63) is 87.1 Å². The second-order valence-electron chi connectivity index (χ2n) is 4.54. The van der Waals surface area contributed by atoms with Crippen LogP contribution in [0, 0.1) is 0 Å². The van der Waals surface area contributed by atoms with E-state index in [0.29, 0.717) is 10.6 Å². The number of nitrogens with zero attached hydrogens (tertiary/aromatic N) is 1. The molecule has 0 amide bonds. The normalized spacial score (nSPS) is 11.7. The van der Waals surface area contributed by atoms with Crippen LogP contribution in [-0.4, -0.2) is 9.78 Å². The smallest absolute Gasteiger partial charge is 0.279 e. The van der Waals surface area contributed by atoms with Crippen molar-refractivity contribution in [3.8, 4) is 5.69 Å². The minimum Gasteiger partial charge on any atom is -0.291 e. The van der Waals surface area contributed by atoms with E-state index in [1.165, 1.54) is 4.68 Å². The zero-order valence-corrected chi connectivity index (χ0v) is 10.9. The summed E-state index contributed by atoms with van der Waals surface area (Å²) in [5.74, 6) is 0. The number of hydrogen-bond donors (Lipinski definition) is 1. The Morgan fingerprint density at radius 3 is 2.20 bits per heavy atom. The predicted octanol–water partition coefficient (Wildman–Crippen LogP) is 1.40. The van der Waals surface area contributed by atoms with Gasteiger partial charge in [0.15, 0.2) is 0 Å². The third-order valence-corrected chi connectivity index (χ3v) is 3.13. The molecule has 98 valence electrons. The number of benzene rings is 2. The number of rotatable bonds is 2. The first-order chi connectivity index (χ1) is 9.75. The fourth-order valence-electron chi connectivity index (χ4n) is 2.12. The van der Waals surface area contributed by atoms with E-state index in [1.807, 2.05) is 66.7 Å². The van der Waals surface area contributed by atoms with Gasteiger partial charge < -0.3 is 0 Å². The number of para-hydroxylation sites is 1. The van der Waals surface area contributed by atoms with E-state index in [0.717, 1.165) is 11.3 Å². The molecule has 1 heterocycles. The lowest BCUT2D eigenvalue weighted by atomic mass is 10.2. The van der Waals surface area contributed by atoms with Gasteiger partial charge in [0.05, 0.1) is 16.3 Å². The highest BCUT2D eigenvalue weighted by atomic mass is 16.1. The first-order valence-corrected chi connectivity index (χ1v) is 6.38. The maximum atomic E-state index is 12.5. The fourth-order valence-corrected chi connectivity index (χ4v) is 2.12. The van der Waals surface area contributed by atoms with Gasteiger partial charge in [0, 0.05) is 0 Å². The Morgan fingerprint density at radius 2 is 1.55 bits per heavy atom. The van der Waals surface area contributed by atoms with Crippen LogP contribution in [0.3, 0.4) is 0 Å². The Hall–Kier alpha value is -2.81. The first kappa shape index (κ1) is 12.2. The number of aromatic nitrogens is 2. The maximum absolute atomic E-state index is 12.5. The summed E-state index contributed by atoms with van der Waals surface area (Å²) in [6.45, 7) is 3.92. The zero-order chi connectivity index (χ0) is 13.9. The van der Waals surface area contributed by atoms with Gasteiger partial charge >= 0.3 is 0 Å². The molecule has 0 aliphatic rings. The van der Waals surface area contributed by atoms with Gasteiger partial charge in [0.2, 0.25) is 0 Å². The van der Waals surface area contributed by atoms with Crippen LogP contribution in [0.1, 0.15) is 5.56 Å². The van der Waals surface area contributed by atoms with E-state index in [9.17, 15) is 4.79 Å². The lowest BCUT2D eigenvalue weighted by Crippen LogP contribution is -2.33. The fraction of sp³-hybridized carbons (Fsp3) is 0. The third-order valence-electron chi connectivity index (χ3n) is 3.13. The average Bonchev–Trinajstić information content (AvgIpc) is 2.77. The van der Waals surface area contributed by atoms with Gasteiger partial charge in [-0.05, 0) is 23.8 Å². The molecule has 3 heteroatoms. The molecule has 0 unspecified atom stereocenters. The van der Waals surface area contributed by atoms with Crippen molar-refractivity contribution in [1.82, 2.24) is 9.78 Å². The average molecular weight is 262 g/mol. The highest BCUT2D eigenvalue weighted by Gasteiger charge is 2.03. The van der Waals surface area contributed by atoms with E-state index in [2.05, 4.69) is 11.7 Å². The second kappa shape index (κ2) is 5.05. The largest absolute Gasteiger partial charge is 0.291 e. The van der Waals surface area contributed by atoms with Gasteiger partial charge in [0.25, 0.3) is 5.56 Å². The molecule has 3 aromatic rings. The summed E-state index contributed by atoms with van der Waals surface area (Å²) in [6.07, 6.45) is 1.85. The molecule has 0 aliphatic carbocycles. The predicted molar refractivity (Wildman–Crippen MR) is 81.2 cm³/mol. The molecule has 1 N–H and O–H groups in total. The van der Waals surface area contributed by atoms with Crippen LogP contribution in [-0.2, 0) is 0 Å². The number of aromatic amines is 1. The summed E-state index contributed by atoms with van der Waals surface area (Å²) in [6, 6.07) is 19.2. The first-order valence-electron chi connectivity index (χ1n) is 6.38. The lowest BCUT2D eigenvalue weighted by Gasteiger charge is -1.98. The second-order valence-corrected chi connectivity index (χ2v) is 4.54. The monoisotopic (exact) mass is 262 g/mol. The Morgan fingerprint density at radius 1 is 0.950 bits per heavy atom. The molecule has 0 aliphatic heterocycles. The van der Waals surface area contributed by atoms with Crippen LogP contribution in [0.5, 0.6) is 0 Å². The van der Waals surface area contributed by atoms with E-state index in [4.69, 9.17) is 0 Å². The van der Waals surface area contributed by atoms with Crippen LogP contribution in [0.25, 0.3) is 18.3 Å². The quantitative estimate of drug-likeness (QED) is 0.745. The summed E-state index contributed by atoms with van der Waals surface area (Å²) < 4.78 is 1.51. The van der Waals surface area contributed by atoms with Crippen LogP contribution in [0.15, 0.2) is 65.5 Å². The SMILES string of the molecule is C=c1[nH]n(-c2ccccc2)c(=O)/c1=C\c1ccccc1. The number of hydrogen-bond acceptors (Lipinski definition) is 1. The van der Waals surface area contributed by atoms with Crippen LogP contribution < -0.4 is 16.1 Å². The van der Waals surface area contributed by atoms with Crippen molar-refractivity contribution in [2.75, 3.05) is 0 Å². The van der Waals surface area contributed by atoms with E-state index >= 15 is 0 Å². The molecule has 0 fully saturated rings. The molecule has 0 saturated carbocycles. The van der Waals surface area contributed by atoms with Gasteiger partial charge in [-0.15, -0.1) is 0 Å². The van der Waals surface area contributed by atoms with Crippen LogP contribution in [0.2, 0.25) is 0 Å². The minimum absolute atomic E-state index is 0.0925. The third kappa shape index (κ3) is 2.21. The van der Waals surface area contributed by atoms with E-state index in [-0.39, 0.29) is 5.56 Å². The van der Waals surface area contributed by atoms with Gasteiger partial charge in [-0.3, -0.25) is 9.89 Å². The standard InChI is InChI=1S/C17H14N2O/c1-13-16(12-14-8-4-2-5-9-14)17(20)19(18-13)15-10-6-3-7-11-15/h2-12,18H,1H2/b16-12-. The topological polar surface area (TPSA) is 37.8 Å². The Bertz CT molecular complexity index is 874. The minimum atomic E-state index is -0.0925. The Labute approximate surface area is 116 Å². The zero-order valence-electron chi connectivity index (χ0n) is 10.9. The van der Waals surface area contributed by atoms with Crippen molar-refractivity contribution in [2.24, 2.45) is 0 Å². The van der Waals surface area contributed by atoms with Crippen molar-refractivity contribution in [3.63, 3.8) is 0 Å². The van der Waals surface area contributed by atoms with Crippen LogP contribution in [0.4, 0.5) is 0 Å². The summed E-state index contributed by atoms with van der Waals surface area (Å²) in [5, 5.41) is 4.21. The van der Waals surface area contributed by atoms with Crippen molar-refractivity contribution in [1.29, 1.82) is 0 Å². The van der Waals surface area contributed by atoms with Crippen LogP contribution >= 0.6 is 0 Å². The van der Waals surface area contributed by atoms with Crippen molar-refractivity contribution in [2.45, 2.75) is 0 Å².